The topological polar surface area (TPSA) is 72.9 Å². The van der Waals surface area contributed by atoms with Gasteiger partial charge in [0.15, 0.2) is 0 Å². The van der Waals surface area contributed by atoms with E-state index in [2.05, 4.69) is 22.3 Å². The molecule has 30 heavy (non-hydrogen) atoms. The minimum absolute atomic E-state index is 0.0772. The normalized spacial score (nSPS) is 11.4. The quantitative estimate of drug-likeness (QED) is 0.483. The van der Waals surface area contributed by atoms with E-state index in [0.717, 1.165) is 39.0 Å². The smallest absolute Gasteiger partial charge is 0.335 e. The van der Waals surface area contributed by atoms with Crippen molar-refractivity contribution in [3.05, 3.63) is 83.9 Å². The van der Waals surface area contributed by atoms with E-state index in [0.29, 0.717) is 5.56 Å². The van der Waals surface area contributed by atoms with Crippen LogP contribution in [0.25, 0.3) is 32.9 Å². The molecule has 0 spiro atoms. The van der Waals surface area contributed by atoms with Gasteiger partial charge in [0.25, 0.3) is 0 Å². The van der Waals surface area contributed by atoms with E-state index in [4.69, 9.17) is 0 Å². The lowest BCUT2D eigenvalue weighted by atomic mass is 10.0. The highest BCUT2D eigenvalue weighted by atomic mass is 19.1. The maximum absolute atomic E-state index is 13.8. The predicted molar refractivity (Wildman–Crippen MR) is 112 cm³/mol. The van der Waals surface area contributed by atoms with E-state index < -0.39 is 11.8 Å². The molecule has 0 saturated heterocycles. The van der Waals surface area contributed by atoms with E-state index in [1.807, 2.05) is 42.2 Å². The van der Waals surface area contributed by atoms with Gasteiger partial charge < -0.3 is 5.11 Å². The van der Waals surface area contributed by atoms with Crippen molar-refractivity contribution in [1.82, 2.24) is 19.6 Å². The molecular weight excluding hydrogens is 383 g/mol. The van der Waals surface area contributed by atoms with Crippen LogP contribution in [0.1, 0.15) is 15.9 Å². The number of aromatic nitrogens is 4. The monoisotopic (exact) mass is 400 g/mol. The van der Waals surface area contributed by atoms with Gasteiger partial charge in [0.1, 0.15) is 5.82 Å². The van der Waals surface area contributed by atoms with Crippen LogP contribution in [0, 0.1) is 5.82 Å². The van der Waals surface area contributed by atoms with Gasteiger partial charge in [-0.2, -0.15) is 10.2 Å². The fraction of sp³-hybridized carbons (Fsp3) is 0.0870. The number of nitrogens with zero attached hydrogens (tertiary/aromatic N) is 4. The lowest BCUT2D eigenvalue weighted by Crippen LogP contribution is -2.05. The number of aryl methyl sites for hydroxylation is 1. The molecule has 0 atom stereocenters. The summed E-state index contributed by atoms with van der Waals surface area (Å²) in [5.41, 5.74) is 4.48. The van der Waals surface area contributed by atoms with Crippen LogP contribution in [0.5, 0.6) is 0 Å². The molecule has 5 rings (SSSR count). The summed E-state index contributed by atoms with van der Waals surface area (Å²) in [5.74, 6) is -1.74. The highest BCUT2D eigenvalue weighted by molar-refractivity contribution is 5.89. The van der Waals surface area contributed by atoms with Crippen molar-refractivity contribution < 1.29 is 14.3 Å². The van der Waals surface area contributed by atoms with Crippen LogP contribution in [0.4, 0.5) is 4.39 Å². The zero-order chi connectivity index (χ0) is 20.8. The van der Waals surface area contributed by atoms with Gasteiger partial charge in [-0.1, -0.05) is 24.3 Å². The lowest BCUT2D eigenvalue weighted by Gasteiger charge is -2.08. The number of fused-ring (bicyclic) bond motifs is 2. The van der Waals surface area contributed by atoms with Crippen LogP contribution in [0.3, 0.4) is 0 Å². The van der Waals surface area contributed by atoms with Gasteiger partial charge in [0, 0.05) is 17.8 Å². The number of hydrogen-bond donors (Lipinski definition) is 1. The predicted octanol–water partition coefficient (Wildman–Crippen LogP) is 4.48. The summed E-state index contributed by atoms with van der Waals surface area (Å²) in [6.45, 7) is 0.270. The summed E-state index contributed by atoms with van der Waals surface area (Å²) in [5, 5.41) is 19.9. The molecule has 0 aliphatic carbocycles. The first kappa shape index (κ1) is 18.1. The molecule has 0 radical (unpaired) electrons. The molecule has 0 aliphatic rings. The van der Waals surface area contributed by atoms with Crippen LogP contribution in [0.15, 0.2) is 67.0 Å². The number of carboxylic acids is 1. The van der Waals surface area contributed by atoms with Crippen LogP contribution in [-0.4, -0.2) is 30.6 Å². The Labute approximate surface area is 170 Å². The van der Waals surface area contributed by atoms with Crippen LogP contribution >= 0.6 is 0 Å². The van der Waals surface area contributed by atoms with E-state index in [1.165, 1.54) is 12.1 Å². The van der Waals surface area contributed by atoms with Gasteiger partial charge in [0.05, 0.1) is 35.5 Å². The summed E-state index contributed by atoms with van der Waals surface area (Å²) in [6, 6.07) is 16.1. The van der Waals surface area contributed by atoms with Crippen LogP contribution in [-0.2, 0) is 13.6 Å². The Morgan fingerprint density at radius 1 is 0.933 bits per heavy atom. The average molecular weight is 400 g/mol. The molecule has 148 valence electrons. The zero-order valence-electron chi connectivity index (χ0n) is 16.1. The standard InChI is InChI=1S/C23H17FN4O2/c1-27-21-9-15(2-4-17(21)11-25-27)16-3-5-18-12-26-28(22(18)10-16)13-14-6-19(23(29)30)8-20(24)7-14/h2-12H,13H2,1H3,(H,29,30). The fourth-order valence-electron chi connectivity index (χ4n) is 3.74. The Kier molecular flexibility index (Phi) is 4.10. The lowest BCUT2D eigenvalue weighted by molar-refractivity contribution is 0.0696. The van der Waals surface area contributed by atoms with E-state index in [9.17, 15) is 14.3 Å². The average Bonchev–Trinajstić information content (AvgIpc) is 3.30. The maximum atomic E-state index is 13.8. The second kappa shape index (κ2) is 6.81. The summed E-state index contributed by atoms with van der Waals surface area (Å²) in [6.07, 6.45) is 3.59. The van der Waals surface area contributed by atoms with Crippen molar-refractivity contribution in [2.45, 2.75) is 6.54 Å². The Balaban J connectivity index is 1.56. The fourth-order valence-corrected chi connectivity index (χ4v) is 3.74. The molecule has 0 bridgehead atoms. The summed E-state index contributed by atoms with van der Waals surface area (Å²) in [4.78, 5) is 11.2. The van der Waals surface area contributed by atoms with Crippen molar-refractivity contribution in [3.63, 3.8) is 0 Å². The van der Waals surface area contributed by atoms with E-state index in [1.54, 1.807) is 10.9 Å². The third kappa shape index (κ3) is 3.10. The SMILES string of the molecule is Cn1ncc2ccc(-c3ccc4cnn(Cc5cc(F)cc(C(=O)O)c5)c4c3)cc21. The minimum Gasteiger partial charge on any atom is -0.478 e. The first-order chi connectivity index (χ1) is 14.5. The molecule has 0 fully saturated rings. The molecule has 2 heterocycles. The molecule has 0 amide bonds. The largest absolute Gasteiger partial charge is 0.478 e. The molecular formula is C23H17FN4O2. The molecule has 3 aromatic carbocycles. The zero-order valence-corrected chi connectivity index (χ0v) is 16.1. The number of carbonyl (C=O) groups is 1. The van der Waals surface area contributed by atoms with Gasteiger partial charge >= 0.3 is 5.97 Å². The molecule has 1 N–H and O–H groups in total. The first-order valence-corrected chi connectivity index (χ1v) is 9.38. The van der Waals surface area contributed by atoms with Gasteiger partial charge in [-0.15, -0.1) is 0 Å². The number of rotatable bonds is 4. The van der Waals surface area contributed by atoms with Crippen molar-refractivity contribution in [1.29, 1.82) is 0 Å². The van der Waals surface area contributed by atoms with Gasteiger partial charge in [-0.3, -0.25) is 9.36 Å². The number of hydrogen-bond acceptors (Lipinski definition) is 3. The maximum Gasteiger partial charge on any atom is 0.335 e. The Bertz CT molecular complexity index is 1430. The summed E-state index contributed by atoms with van der Waals surface area (Å²) >= 11 is 0. The Morgan fingerprint density at radius 2 is 1.60 bits per heavy atom. The molecule has 7 heteroatoms. The first-order valence-electron chi connectivity index (χ1n) is 9.38. The molecule has 0 unspecified atom stereocenters. The van der Waals surface area contributed by atoms with Crippen molar-refractivity contribution in [2.75, 3.05) is 0 Å². The van der Waals surface area contributed by atoms with Crippen molar-refractivity contribution in [3.8, 4) is 11.1 Å². The number of carboxylic acid groups (broad SMARTS) is 1. The van der Waals surface area contributed by atoms with Crippen LogP contribution < -0.4 is 0 Å². The van der Waals surface area contributed by atoms with Crippen molar-refractivity contribution >= 4 is 27.8 Å². The van der Waals surface area contributed by atoms with E-state index in [-0.39, 0.29) is 12.1 Å². The third-order valence-corrected chi connectivity index (χ3v) is 5.26. The number of halogens is 1. The van der Waals surface area contributed by atoms with Crippen LogP contribution in [0.2, 0.25) is 0 Å². The van der Waals surface area contributed by atoms with Crippen molar-refractivity contribution in [2.24, 2.45) is 7.05 Å². The van der Waals surface area contributed by atoms with Gasteiger partial charge in [-0.25, -0.2) is 9.18 Å². The number of aromatic carboxylic acids is 1. The second-order valence-electron chi connectivity index (χ2n) is 7.27. The Hall–Kier alpha value is -4.00. The Morgan fingerprint density at radius 3 is 2.33 bits per heavy atom. The molecule has 5 aromatic rings. The van der Waals surface area contributed by atoms with E-state index >= 15 is 0 Å². The number of benzene rings is 3. The third-order valence-electron chi connectivity index (χ3n) is 5.26. The molecule has 0 saturated carbocycles. The van der Waals surface area contributed by atoms with Gasteiger partial charge in [-0.05, 0) is 47.0 Å². The van der Waals surface area contributed by atoms with Gasteiger partial charge in [0.2, 0.25) is 0 Å². The molecule has 0 aliphatic heterocycles. The highest BCUT2D eigenvalue weighted by Gasteiger charge is 2.11. The second-order valence-corrected chi connectivity index (χ2v) is 7.27. The molecule has 6 nitrogen and oxygen atoms in total. The molecule has 2 aromatic heterocycles. The minimum atomic E-state index is -1.16. The highest BCUT2D eigenvalue weighted by Crippen LogP contribution is 2.27. The summed E-state index contributed by atoms with van der Waals surface area (Å²) in [7, 11) is 1.91. The summed E-state index contributed by atoms with van der Waals surface area (Å²) < 4.78 is 17.4.